The van der Waals surface area contributed by atoms with Crippen LogP contribution in [0.25, 0.3) is 0 Å². The second kappa shape index (κ2) is 26.0. The first-order valence-electron chi connectivity index (χ1n) is 21.9. The topological polar surface area (TPSA) is 190 Å². The normalized spacial score (nSPS) is 19.0. The van der Waals surface area contributed by atoms with Crippen LogP contribution in [0.15, 0.2) is 30.3 Å². The largest absolute Gasteiger partial charge is 0.481 e. The van der Waals surface area contributed by atoms with Gasteiger partial charge in [0.2, 0.25) is 23.6 Å². The molecular formula is C45H78N6O9. The number of carboxylic acids is 1. The molecule has 4 amide bonds. The van der Waals surface area contributed by atoms with Gasteiger partial charge in [-0.25, -0.2) is 0 Å². The summed E-state index contributed by atoms with van der Waals surface area (Å²) in [5, 5.41) is 28.4. The number of nitrogens with one attached hydrogen (secondary N) is 3. The van der Waals surface area contributed by atoms with Crippen molar-refractivity contribution in [2.24, 2.45) is 23.7 Å². The van der Waals surface area contributed by atoms with Crippen molar-refractivity contribution in [3.63, 3.8) is 0 Å². The lowest BCUT2D eigenvalue weighted by Gasteiger charge is -2.41. The van der Waals surface area contributed by atoms with Crippen LogP contribution >= 0.6 is 0 Å². The highest BCUT2D eigenvalue weighted by Crippen LogP contribution is 2.29. The van der Waals surface area contributed by atoms with Crippen LogP contribution in [-0.2, 0) is 40.0 Å². The maximum absolute atomic E-state index is 14.3. The van der Waals surface area contributed by atoms with Crippen molar-refractivity contribution in [3.8, 4) is 0 Å². The summed E-state index contributed by atoms with van der Waals surface area (Å²) in [5.74, 6) is -2.56. The Morgan fingerprint density at radius 3 is 2.07 bits per heavy atom. The van der Waals surface area contributed by atoms with E-state index in [0.29, 0.717) is 32.5 Å². The van der Waals surface area contributed by atoms with E-state index < -0.39 is 60.1 Å². The van der Waals surface area contributed by atoms with Crippen molar-refractivity contribution in [3.05, 3.63) is 35.9 Å². The number of rotatable bonds is 27. The molecule has 0 spiro atoms. The highest BCUT2D eigenvalue weighted by atomic mass is 16.5. The standard InChI is InChI=1S/C45H78N6O9/c1-13-30(6)41(50(10)27-34(28(2)3)47-45(58)40(29(4)5)49(9)23-18-22-38(54)55)36(59-11)25-37(53)51-24-17-21-35(51)42(60-12)31(7)43(56)48-39(32(8)52)44(57)46-26-33-19-15-14-16-20-33/h14-16,19-20,28-32,34-36,39-42,52H,13,17-18,21-27H2,1-12H3,(H,46,57)(H,47,58)(H,48,56)(H,54,55)/t30-,31+,32+,34+,35-,36+,39-,40-,41-,42+/m0/s1. The summed E-state index contributed by atoms with van der Waals surface area (Å²) < 4.78 is 12.1. The molecule has 1 heterocycles. The Labute approximate surface area is 359 Å². The second-order valence-corrected chi connectivity index (χ2v) is 17.5. The Hall–Kier alpha value is -3.63. The first-order valence-corrected chi connectivity index (χ1v) is 21.9. The number of aliphatic hydroxyl groups is 1. The number of carboxylic acid groups (broad SMARTS) is 1. The number of nitrogens with zero attached hydrogens (tertiary/aromatic N) is 3. The third-order valence-electron chi connectivity index (χ3n) is 12.2. The van der Waals surface area contributed by atoms with Crippen molar-refractivity contribution in [1.29, 1.82) is 0 Å². The highest BCUT2D eigenvalue weighted by molar-refractivity contribution is 5.89. The third kappa shape index (κ3) is 15.7. The molecule has 1 aromatic rings. The van der Waals surface area contributed by atoms with Crippen LogP contribution in [0.4, 0.5) is 0 Å². The number of methoxy groups -OCH3 is 2. The van der Waals surface area contributed by atoms with Gasteiger partial charge in [0, 0.05) is 52.4 Å². The van der Waals surface area contributed by atoms with Gasteiger partial charge < -0.3 is 40.5 Å². The molecule has 2 rings (SSSR count). The predicted molar refractivity (Wildman–Crippen MR) is 233 cm³/mol. The molecule has 0 aliphatic carbocycles. The molecule has 1 aromatic carbocycles. The number of hydrogen-bond acceptors (Lipinski definition) is 10. The van der Waals surface area contributed by atoms with Crippen LogP contribution < -0.4 is 16.0 Å². The molecule has 15 heteroatoms. The molecule has 15 nitrogen and oxygen atoms in total. The van der Waals surface area contributed by atoms with Gasteiger partial charge in [-0.05, 0) is 70.1 Å². The van der Waals surface area contributed by atoms with E-state index in [4.69, 9.17) is 14.6 Å². The van der Waals surface area contributed by atoms with Crippen LogP contribution in [0.1, 0.15) is 99.5 Å². The smallest absolute Gasteiger partial charge is 0.303 e. The molecule has 5 N–H and O–H groups in total. The Kier molecular flexibility index (Phi) is 22.7. The number of benzene rings is 1. The number of carbonyl (C=O) groups is 5. The average molecular weight is 847 g/mol. The number of likely N-dealkylation sites (tertiary alicyclic amines) is 1. The molecule has 1 aliphatic rings. The summed E-state index contributed by atoms with van der Waals surface area (Å²) in [5.41, 5.74) is 0.883. The molecule has 0 bridgehead atoms. The lowest BCUT2D eigenvalue weighted by molar-refractivity contribution is -0.144. The molecule has 10 atom stereocenters. The number of carbonyl (C=O) groups excluding carboxylic acids is 4. The van der Waals surface area contributed by atoms with Gasteiger partial charge in [-0.2, -0.15) is 0 Å². The van der Waals surface area contributed by atoms with Gasteiger partial charge in [0.25, 0.3) is 0 Å². The first kappa shape index (κ1) is 52.5. The van der Waals surface area contributed by atoms with Crippen molar-refractivity contribution >= 4 is 29.6 Å². The van der Waals surface area contributed by atoms with Crippen molar-refractivity contribution in [2.45, 2.75) is 149 Å². The lowest BCUT2D eigenvalue weighted by atomic mass is 9.89. The van der Waals surface area contributed by atoms with Crippen molar-refractivity contribution in [1.82, 2.24) is 30.7 Å². The van der Waals surface area contributed by atoms with Crippen molar-refractivity contribution in [2.75, 3.05) is 47.9 Å². The van der Waals surface area contributed by atoms with Crippen LogP contribution in [0, 0.1) is 23.7 Å². The highest BCUT2D eigenvalue weighted by Gasteiger charge is 2.42. The van der Waals surface area contributed by atoms with E-state index in [1.54, 1.807) is 18.9 Å². The van der Waals surface area contributed by atoms with Gasteiger partial charge in [0.05, 0.1) is 42.7 Å². The van der Waals surface area contributed by atoms with Gasteiger partial charge in [-0.3, -0.25) is 33.8 Å². The fraction of sp³-hybridized carbons (Fsp3) is 0.756. The molecule has 1 fully saturated rings. The van der Waals surface area contributed by atoms with Gasteiger partial charge in [-0.15, -0.1) is 0 Å². The zero-order valence-corrected chi connectivity index (χ0v) is 38.5. The van der Waals surface area contributed by atoms with E-state index in [1.165, 1.54) is 14.0 Å². The third-order valence-corrected chi connectivity index (χ3v) is 12.2. The molecule has 0 aromatic heterocycles. The average Bonchev–Trinajstić information content (AvgIpc) is 3.68. The number of likely N-dealkylation sites (N-methyl/N-ethyl adjacent to an activating group) is 2. The number of ether oxygens (including phenoxy) is 2. The summed E-state index contributed by atoms with van der Waals surface area (Å²) in [6, 6.07) is 6.97. The van der Waals surface area contributed by atoms with Gasteiger partial charge in [0.15, 0.2) is 0 Å². The number of aliphatic carboxylic acids is 1. The SMILES string of the molecule is CC[C@H](C)[C@@H]([C@@H](CC(=O)N1CCC[C@H]1[C@H](OC)[C@@H](C)C(=O)N[C@H](C(=O)NCc1ccccc1)[C@@H](C)O)OC)N(C)C[C@@H](NC(=O)[C@H](C(C)C)N(C)CCCC(=O)O)C(C)C. The van der Waals surface area contributed by atoms with E-state index in [0.717, 1.165) is 18.4 Å². The van der Waals surface area contributed by atoms with Crippen LogP contribution in [0.2, 0.25) is 0 Å². The zero-order valence-electron chi connectivity index (χ0n) is 38.5. The minimum atomic E-state index is -1.18. The Bertz CT molecular complexity index is 1480. The Morgan fingerprint density at radius 1 is 0.883 bits per heavy atom. The molecule has 0 radical (unpaired) electrons. The zero-order chi connectivity index (χ0) is 45.3. The number of amides is 4. The predicted octanol–water partition coefficient (Wildman–Crippen LogP) is 3.52. The molecule has 1 aliphatic heterocycles. The monoisotopic (exact) mass is 847 g/mol. The Balaban J connectivity index is 2.20. The Morgan fingerprint density at radius 2 is 1.53 bits per heavy atom. The molecule has 1 saturated heterocycles. The molecule has 0 unspecified atom stereocenters. The maximum atomic E-state index is 14.3. The van der Waals surface area contributed by atoms with E-state index in [-0.39, 0.29) is 61.0 Å². The van der Waals surface area contributed by atoms with E-state index in [1.807, 2.05) is 63.2 Å². The summed E-state index contributed by atoms with van der Waals surface area (Å²) in [6.45, 7) is 17.3. The van der Waals surface area contributed by atoms with Gasteiger partial charge in [0.1, 0.15) is 6.04 Å². The second-order valence-electron chi connectivity index (χ2n) is 17.5. The van der Waals surface area contributed by atoms with Gasteiger partial charge in [-0.1, -0.05) is 85.2 Å². The number of hydrogen-bond donors (Lipinski definition) is 5. The van der Waals surface area contributed by atoms with Crippen LogP contribution in [0.3, 0.4) is 0 Å². The first-order chi connectivity index (χ1) is 28.3. The minimum Gasteiger partial charge on any atom is -0.481 e. The molecule has 342 valence electrons. The summed E-state index contributed by atoms with van der Waals surface area (Å²) in [7, 11) is 7.01. The van der Waals surface area contributed by atoms with E-state index in [9.17, 15) is 29.1 Å². The molecular weight excluding hydrogens is 769 g/mol. The molecule has 60 heavy (non-hydrogen) atoms. The van der Waals surface area contributed by atoms with Crippen LogP contribution in [-0.4, -0.2) is 151 Å². The number of aliphatic hydroxyl groups excluding tert-OH is 1. The maximum Gasteiger partial charge on any atom is 0.303 e. The summed E-state index contributed by atoms with van der Waals surface area (Å²) in [6.07, 6.45) is 0.488. The quantitative estimate of drug-likeness (QED) is 0.0872. The lowest BCUT2D eigenvalue weighted by Crippen LogP contribution is -2.57. The van der Waals surface area contributed by atoms with Crippen molar-refractivity contribution < 1.29 is 43.7 Å². The van der Waals surface area contributed by atoms with E-state index in [2.05, 4.69) is 48.5 Å². The minimum absolute atomic E-state index is 0.00410. The van der Waals surface area contributed by atoms with E-state index >= 15 is 0 Å². The summed E-state index contributed by atoms with van der Waals surface area (Å²) >= 11 is 0. The fourth-order valence-electron chi connectivity index (χ4n) is 8.59. The summed E-state index contributed by atoms with van der Waals surface area (Å²) in [4.78, 5) is 71.9. The fourth-order valence-corrected chi connectivity index (χ4v) is 8.59. The molecule has 0 saturated carbocycles. The van der Waals surface area contributed by atoms with Crippen LogP contribution in [0.5, 0.6) is 0 Å². The van der Waals surface area contributed by atoms with Gasteiger partial charge >= 0.3 is 5.97 Å².